The van der Waals surface area contributed by atoms with Crippen molar-refractivity contribution in [2.45, 2.75) is 13.3 Å². The normalized spacial score (nSPS) is 14.8. The molecule has 2 aromatic rings. The molecule has 0 bridgehead atoms. The van der Waals surface area contributed by atoms with Crippen molar-refractivity contribution in [3.05, 3.63) is 45.7 Å². The first-order valence-corrected chi connectivity index (χ1v) is 6.58. The first-order valence-electron chi connectivity index (χ1n) is 6.58. The Bertz CT molecular complexity index is 738. The summed E-state index contributed by atoms with van der Waals surface area (Å²) in [5.41, 5.74) is 3.15. The Labute approximate surface area is 116 Å². The Morgan fingerprint density at radius 3 is 3.00 bits per heavy atom. The van der Waals surface area contributed by atoms with Crippen molar-refractivity contribution < 1.29 is 4.74 Å². The molecule has 0 saturated heterocycles. The summed E-state index contributed by atoms with van der Waals surface area (Å²) in [5, 5.41) is 5.31. The number of benzene rings is 1. The number of rotatable bonds is 4. The molecule has 2 N–H and O–H groups in total. The van der Waals surface area contributed by atoms with Gasteiger partial charge in [-0.2, -0.15) is 0 Å². The smallest absolute Gasteiger partial charge is 0.275 e. The van der Waals surface area contributed by atoms with Crippen LogP contribution in [0.2, 0.25) is 0 Å². The minimum Gasteiger partial charge on any atom is -0.478 e. The van der Waals surface area contributed by atoms with Gasteiger partial charge in [0.1, 0.15) is 5.56 Å². The molecule has 5 heteroatoms. The predicted molar refractivity (Wildman–Crippen MR) is 79.7 cm³/mol. The summed E-state index contributed by atoms with van der Waals surface area (Å²) in [6.45, 7) is 2.58. The molecular weight excluding hydrogens is 254 g/mol. The number of para-hydroxylation sites is 1. The van der Waals surface area contributed by atoms with Crippen LogP contribution in [-0.4, -0.2) is 23.0 Å². The average Bonchev–Trinajstić information content (AvgIpc) is 3.03. The van der Waals surface area contributed by atoms with Gasteiger partial charge in [-0.05, 0) is 18.6 Å². The van der Waals surface area contributed by atoms with Gasteiger partial charge in [-0.1, -0.05) is 25.1 Å². The number of fused-ring (bicyclic) bond motifs is 1. The van der Waals surface area contributed by atoms with Crippen LogP contribution in [0.4, 0.5) is 5.69 Å². The van der Waals surface area contributed by atoms with Gasteiger partial charge >= 0.3 is 0 Å². The van der Waals surface area contributed by atoms with E-state index in [2.05, 4.69) is 15.2 Å². The molecule has 5 nitrogen and oxygen atoms in total. The van der Waals surface area contributed by atoms with Gasteiger partial charge in [0.05, 0.1) is 12.3 Å². The monoisotopic (exact) mass is 269 g/mol. The molecule has 1 aliphatic rings. The summed E-state index contributed by atoms with van der Waals surface area (Å²) in [7, 11) is 0. The van der Waals surface area contributed by atoms with E-state index in [1.54, 1.807) is 12.3 Å². The number of aliphatic imine (C=N–C) groups is 1. The van der Waals surface area contributed by atoms with E-state index in [0.29, 0.717) is 18.1 Å². The fourth-order valence-electron chi connectivity index (χ4n) is 2.11. The number of hydrogen-bond donors (Lipinski definition) is 2. The van der Waals surface area contributed by atoms with Crippen LogP contribution >= 0.6 is 0 Å². The summed E-state index contributed by atoms with van der Waals surface area (Å²) >= 11 is 0. The molecule has 0 radical (unpaired) electrons. The first-order chi connectivity index (χ1) is 9.79. The van der Waals surface area contributed by atoms with Gasteiger partial charge in [-0.25, -0.2) is 0 Å². The zero-order chi connectivity index (χ0) is 13.9. The molecule has 0 amide bonds. The lowest BCUT2D eigenvalue weighted by Crippen LogP contribution is -2.03. The lowest BCUT2D eigenvalue weighted by molar-refractivity contribution is 0.304. The summed E-state index contributed by atoms with van der Waals surface area (Å²) in [4.78, 5) is 16.2. The topological polar surface area (TPSA) is 70.2 Å². The van der Waals surface area contributed by atoms with Gasteiger partial charge in [0.25, 0.3) is 5.56 Å². The van der Waals surface area contributed by atoms with E-state index in [1.807, 2.05) is 31.2 Å². The van der Waals surface area contributed by atoms with E-state index >= 15 is 0 Å². The number of nitrogens with one attached hydrogen (secondary N) is 2. The fourth-order valence-corrected chi connectivity index (χ4v) is 2.11. The molecule has 3 rings (SSSR count). The highest BCUT2D eigenvalue weighted by atomic mass is 16.5. The number of ether oxygens (including phenoxy) is 1. The van der Waals surface area contributed by atoms with Gasteiger partial charge < -0.3 is 4.74 Å². The maximum atomic E-state index is 11.8. The highest BCUT2D eigenvalue weighted by Gasteiger charge is 2.15. The largest absolute Gasteiger partial charge is 0.478 e. The van der Waals surface area contributed by atoms with E-state index in [9.17, 15) is 4.79 Å². The van der Waals surface area contributed by atoms with Gasteiger partial charge in [0.15, 0.2) is 0 Å². The van der Waals surface area contributed by atoms with Crippen LogP contribution < -0.4 is 10.3 Å². The molecule has 2 heterocycles. The molecule has 0 atom stereocenters. The summed E-state index contributed by atoms with van der Waals surface area (Å²) in [5.74, 6) is 0.474. The molecule has 0 fully saturated rings. The standard InChI is InChI=1S/C15H15N3O2/c1-2-7-20-15-12(14(19)17-18-15)8-10-9-16-13-6-4-3-5-11(10)13/h3-6,8-9H,2,7H2,1H3,(H2,17,18,19). The zero-order valence-electron chi connectivity index (χ0n) is 11.1. The van der Waals surface area contributed by atoms with Crippen LogP contribution in [0.15, 0.2) is 34.1 Å². The number of H-pyrrole nitrogens is 2. The summed E-state index contributed by atoms with van der Waals surface area (Å²) in [6, 6.07) is 7.83. The summed E-state index contributed by atoms with van der Waals surface area (Å²) in [6.07, 6.45) is 4.45. The van der Waals surface area contributed by atoms with Crippen LogP contribution in [0.3, 0.4) is 0 Å². The highest BCUT2D eigenvalue weighted by molar-refractivity contribution is 6.21. The molecule has 0 aliphatic carbocycles. The number of allylic oxidation sites excluding steroid dienone is 1. The zero-order valence-corrected chi connectivity index (χ0v) is 11.1. The molecule has 20 heavy (non-hydrogen) atoms. The minimum atomic E-state index is -0.193. The Kier molecular flexibility index (Phi) is 3.25. The highest BCUT2D eigenvalue weighted by Crippen LogP contribution is 2.32. The van der Waals surface area contributed by atoms with Crippen LogP contribution in [0.25, 0.3) is 11.6 Å². The molecule has 1 aliphatic heterocycles. The average molecular weight is 269 g/mol. The molecule has 0 saturated carbocycles. The third kappa shape index (κ3) is 2.18. The lowest BCUT2D eigenvalue weighted by Gasteiger charge is -2.02. The Morgan fingerprint density at radius 2 is 2.15 bits per heavy atom. The maximum absolute atomic E-state index is 11.8. The first kappa shape index (κ1) is 12.5. The van der Waals surface area contributed by atoms with E-state index in [4.69, 9.17) is 4.74 Å². The minimum absolute atomic E-state index is 0.193. The van der Waals surface area contributed by atoms with Crippen molar-refractivity contribution in [1.82, 2.24) is 10.2 Å². The fraction of sp³-hybridized carbons (Fsp3) is 0.200. The molecule has 1 aromatic carbocycles. The van der Waals surface area contributed by atoms with Crippen LogP contribution in [0.1, 0.15) is 24.5 Å². The second-order valence-corrected chi connectivity index (χ2v) is 4.55. The summed E-state index contributed by atoms with van der Waals surface area (Å²) < 4.78 is 5.53. The van der Waals surface area contributed by atoms with E-state index in [-0.39, 0.29) is 5.56 Å². The van der Waals surface area contributed by atoms with Crippen molar-refractivity contribution in [2.24, 2.45) is 4.99 Å². The second-order valence-electron chi connectivity index (χ2n) is 4.55. The van der Waals surface area contributed by atoms with Crippen LogP contribution in [0.5, 0.6) is 5.88 Å². The molecule has 0 unspecified atom stereocenters. The van der Waals surface area contributed by atoms with Crippen LogP contribution in [-0.2, 0) is 0 Å². The SMILES string of the molecule is CCCOc1[nH][nH]c(=O)c1C=C1C=Nc2ccccc21. The molecule has 102 valence electrons. The van der Waals surface area contributed by atoms with Crippen molar-refractivity contribution in [1.29, 1.82) is 0 Å². The number of nitrogens with zero attached hydrogens (tertiary/aromatic N) is 1. The third-order valence-corrected chi connectivity index (χ3v) is 3.09. The van der Waals surface area contributed by atoms with E-state index in [1.165, 1.54) is 0 Å². The molecule has 0 spiro atoms. The number of aromatic amines is 2. The van der Waals surface area contributed by atoms with Gasteiger partial charge in [0, 0.05) is 17.4 Å². The molecular formula is C15H15N3O2. The second kappa shape index (κ2) is 5.21. The maximum Gasteiger partial charge on any atom is 0.275 e. The molecule has 1 aromatic heterocycles. The number of hydrogen-bond acceptors (Lipinski definition) is 3. The Hall–Kier alpha value is -2.56. The quantitative estimate of drug-likeness (QED) is 0.896. The third-order valence-electron chi connectivity index (χ3n) is 3.09. The van der Waals surface area contributed by atoms with Gasteiger partial charge in [0.2, 0.25) is 5.88 Å². The van der Waals surface area contributed by atoms with Gasteiger partial charge in [-0.3, -0.25) is 20.0 Å². The van der Waals surface area contributed by atoms with Crippen molar-refractivity contribution in [3.63, 3.8) is 0 Å². The van der Waals surface area contributed by atoms with Crippen molar-refractivity contribution in [3.8, 4) is 5.88 Å². The Morgan fingerprint density at radius 1 is 1.30 bits per heavy atom. The van der Waals surface area contributed by atoms with Crippen molar-refractivity contribution >= 4 is 23.6 Å². The van der Waals surface area contributed by atoms with Gasteiger partial charge in [-0.15, -0.1) is 0 Å². The van der Waals surface area contributed by atoms with Crippen LogP contribution in [0, 0.1) is 0 Å². The predicted octanol–water partition coefficient (Wildman–Crippen LogP) is 2.75. The van der Waals surface area contributed by atoms with Crippen molar-refractivity contribution in [2.75, 3.05) is 6.61 Å². The lowest BCUT2D eigenvalue weighted by atomic mass is 10.1. The number of aromatic nitrogens is 2. The Balaban J connectivity index is 2.00. The van der Waals surface area contributed by atoms with E-state index in [0.717, 1.165) is 23.2 Å². The van der Waals surface area contributed by atoms with E-state index < -0.39 is 0 Å².